The first-order valence-corrected chi connectivity index (χ1v) is 11.3. The van der Waals surface area contributed by atoms with Crippen LogP contribution in [-0.4, -0.2) is 26.8 Å². The van der Waals surface area contributed by atoms with Crippen molar-refractivity contribution >= 4 is 28.5 Å². The molecule has 2 aliphatic heterocycles. The van der Waals surface area contributed by atoms with Crippen LogP contribution in [0.1, 0.15) is 42.4 Å². The summed E-state index contributed by atoms with van der Waals surface area (Å²) in [7, 11) is 0. The van der Waals surface area contributed by atoms with Crippen LogP contribution in [0.15, 0.2) is 64.1 Å². The van der Waals surface area contributed by atoms with Crippen molar-refractivity contribution in [3.63, 3.8) is 0 Å². The number of fused-ring (bicyclic) bond motifs is 1. The molecule has 3 unspecified atom stereocenters. The molecular formula is C23H22ClN3OS. The van der Waals surface area contributed by atoms with Gasteiger partial charge in [-0.1, -0.05) is 48.5 Å². The van der Waals surface area contributed by atoms with Crippen molar-refractivity contribution in [1.29, 1.82) is 0 Å². The number of benzene rings is 1. The van der Waals surface area contributed by atoms with Crippen LogP contribution in [0.2, 0.25) is 5.02 Å². The van der Waals surface area contributed by atoms with Crippen LogP contribution in [0.5, 0.6) is 0 Å². The number of halogens is 1. The van der Waals surface area contributed by atoms with Gasteiger partial charge in [-0.3, -0.25) is 4.98 Å². The van der Waals surface area contributed by atoms with Crippen molar-refractivity contribution in [1.82, 2.24) is 9.88 Å². The van der Waals surface area contributed by atoms with Crippen molar-refractivity contribution in [2.45, 2.75) is 38.4 Å². The second-order valence-electron chi connectivity index (χ2n) is 7.50. The summed E-state index contributed by atoms with van der Waals surface area (Å²) in [5, 5.41) is 1.86. The Morgan fingerprint density at radius 2 is 2.10 bits per heavy atom. The average Bonchev–Trinajstić information content (AvgIpc) is 3.45. The van der Waals surface area contributed by atoms with E-state index in [0.717, 1.165) is 50.7 Å². The summed E-state index contributed by atoms with van der Waals surface area (Å²) >= 11 is 8.17. The molecule has 1 fully saturated rings. The predicted octanol–water partition coefficient (Wildman–Crippen LogP) is 6.28. The number of aliphatic imine (C=N–C) groups is 1. The summed E-state index contributed by atoms with van der Waals surface area (Å²) in [5.74, 6) is 2.82. The Labute approximate surface area is 180 Å². The Morgan fingerprint density at radius 1 is 1.21 bits per heavy atom. The van der Waals surface area contributed by atoms with Crippen LogP contribution < -0.4 is 0 Å². The van der Waals surface area contributed by atoms with E-state index in [1.807, 2.05) is 55.2 Å². The minimum absolute atomic E-state index is 0.0227. The molecule has 0 amide bonds. The van der Waals surface area contributed by atoms with Crippen molar-refractivity contribution < 1.29 is 4.42 Å². The summed E-state index contributed by atoms with van der Waals surface area (Å²) < 4.78 is 6.39. The van der Waals surface area contributed by atoms with E-state index >= 15 is 0 Å². The first-order valence-electron chi connectivity index (χ1n) is 9.92. The van der Waals surface area contributed by atoms with Crippen LogP contribution >= 0.6 is 23.4 Å². The molecule has 1 saturated heterocycles. The molecule has 1 aromatic carbocycles. The Hall–Kier alpha value is -2.24. The van der Waals surface area contributed by atoms with Gasteiger partial charge >= 0.3 is 0 Å². The third-order valence-electron chi connectivity index (χ3n) is 5.70. The van der Waals surface area contributed by atoms with Gasteiger partial charge in [0, 0.05) is 28.6 Å². The van der Waals surface area contributed by atoms with Crippen LogP contribution in [0.25, 0.3) is 11.3 Å². The molecule has 2 aromatic heterocycles. The highest BCUT2D eigenvalue weighted by Crippen LogP contribution is 2.49. The fourth-order valence-corrected chi connectivity index (χ4v) is 5.59. The van der Waals surface area contributed by atoms with E-state index in [1.165, 1.54) is 0 Å². The van der Waals surface area contributed by atoms with Crippen LogP contribution in [-0.2, 0) is 0 Å². The maximum absolute atomic E-state index is 6.39. The topological polar surface area (TPSA) is 41.6 Å². The number of hydrogen-bond acceptors (Lipinski definition) is 5. The number of nitrogens with zero attached hydrogens (tertiary/aromatic N) is 3. The zero-order valence-electron chi connectivity index (χ0n) is 16.4. The van der Waals surface area contributed by atoms with Gasteiger partial charge in [0.2, 0.25) is 0 Å². The smallest absolute Gasteiger partial charge is 0.161 e. The number of aromatic nitrogens is 1. The summed E-state index contributed by atoms with van der Waals surface area (Å²) in [6.45, 7) is 4.24. The molecule has 0 radical (unpaired) electrons. The lowest BCUT2D eigenvalue weighted by atomic mass is 10.0. The van der Waals surface area contributed by atoms with Crippen molar-refractivity contribution in [2.24, 2.45) is 4.99 Å². The lowest BCUT2D eigenvalue weighted by Gasteiger charge is -2.30. The second kappa shape index (κ2) is 7.54. The van der Waals surface area contributed by atoms with E-state index in [9.17, 15) is 0 Å². The van der Waals surface area contributed by atoms with Gasteiger partial charge in [0.25, 0.3) is 0 Å². The number of amidine groups is 1. The van der Waals surface area contributed by atoms with Gasteiger partial charge in [-0.05, 0) is 49.2 Å². The highest BCUT2D eigenvalue weighted by atomic mass is 35.5. The molecule has 29 heavy (non-hydrogen) atoms. The number of thioether (sulfide) groups is 1. The molecule has 0 aliphatic carbocycles. The number of rotatable bonds is 4. The van der Waals surface area contributed by atoms with Gasteiger partial charge in [0.15, 0.2) is 5.17 Å². The fourth-order valence-electron chi connectivity index (χ4n) is 4.07. The van der Waals surface area contributed by atoms with Crippen LogP contribution in [0, 0.1) is 6.92 Å². The van der Waals surface area contributed by atoms with Crippen molar-refractivity contribution in [2.75, 3.05) is 5.75 Å². The third-order valence-corrected chi connectivity index (χ3v) is 7.24. The highest BCUT2D eigenvalue weighted by molar-refractivity contribution is 8.14. The molecule has 6 heteroatoms. The minimum atomic E-state index is -0.0614. The number of furan rings is 1. The molecule has 3 aromatic rings. The minimum Gasteiger partial charge on any atom is -0.459 e. The Balaban J connectivity index is 1.55. The van der Waals surface area contributed by atoms with Crippen LogP contribution in [0.4, 0.5) is 0 Å². The average molecular weight is 424 g/mol. The normalized spacial score (nSPS) is 23.3. The molecule has 2 aliphatic rings. The summed E-state index contributed by atoms with van der Waals surface area (Å²) in [6.07, 6.45) is 2.92. The molecule has 4 nitrogen and oxygen atoms in total. The second-order valence-corrected chi connectivity index (χ2v) is 8.90. The SMILES string of the molecule is CCC1CSC2=NC(c3ccccn3)C(c3ccc(-c4ccc(C)c(Cl)c4)o3)N21. The van der Waals surface area contributed by atoms with E-state index < -0.39 is 0 Å². The summed E-state index contributed by atoms with van der Waals surface area (Å²) in [4.78, 5) is 12.1. The van der Waals surface area contributed by atoms with Crippen LogP contribution in [0.3, 0.4) is 0 Å². The lowest BCUT2D eigenvalue weighted by Crippen LogP contribution is -2.35. The maximum Gasteiger partial charge on any atom is 0.161 e. The Kier molecular flexibility index (Phi) is 4.88. The van der Waals surface area contributed by atoms with E-state index in [1.54, 1.807) is 0 Å². The standard InChI is InChI=1S/C23H22ClN3OS/c1-3-16-13-29-23-26-21(18-6-4-5-11-25-18)22(27(16)23)20-10-9-19(28-20)15-8-7-14(2)17(24)12-15/h4-12,16,21-22H,3,13H2,1-2H3. The van der Waals surface area contributed by atoms with Gasteiger partial charge in [0.05, 0.1) is 5.69 Å². The lowest BCUT2D eigenvalue weighted by molar-refractivity contribution is 0.226. The zero-order valence-corrected chi connectivity index (χ0v) is 18.0. The van der Waals surface area contributed by atoms with Crippen molar-refractivity contribution in [3.8, 4) is 11.3 Å². The van der Waals surface area contributed by atoms with E-state index in [0.29, 0.717) is 6.04 Å². The monoisotopic (exact) mass is 423 g/mol. The molecule has 5 rings (SSSR count). The number of aryl methyl sites for hydroxylation is 1. The third kappa shape index (κ3) is 3.26. The Morgan fingerprint density at radius 3 is 2.86 bits per heavy atom. The zero-order chi connectivity index (χ0) is 20.0. The van der Waals surface area contributed by atoms with Gasteiger partial charge in [-0.2, -0.15) is 0 Å². The molecule has 0 bridgehead atoms. The Bertz CT molecular complexity index is 1060. The first kappa shape index (κ1) is 18.8. The van der Waals surface area contributed by atoms with Crippen molar-refractivity contribution in [3.05, 3.63) is 76.8 Å². The molecule has 0 spiro atoms. The van der Waals surface area contributed by atoms with E-state index in [2.05, 4.69) is 35.0 Å². The van der Waals surface area contributed by atoms with Gasteiger partial charge in [-0.15, -0.1) is 0 Å². The molecule has 0 N–H and O–H groups in total. The number of pyridine rings is 1. The summed E-state index contributed by atoms with van der Waals surface area (Å²) in [6, 6.07) is 16.6. The highest BCUT2D eigenvalue weighted by Gasteiger charge is 2.46. The first-order chi connectivity index (χ1) is 14.2. The molecule has 4 heterocycles. The van der Waals surface area contributed by atoms with E-state index in [-0.39, 0.29) is 12.1 Å². The number of hydrogen-bond donors (Lipinski definition) is 0. The quantitative estimate of drug-likeness (QED) is 0.495. The van der Waals surface area contributed by atoms with Gasteiger partial charge < -0.3 is 9.32 Å². The molecule has 3 atom stereocenters. The summed E-state index contributed by atoms with van der Waals surface area (Å²) in [5.41, 5.74) is 3.03. The predicted molar refractivity (Wildman–Crippen MR) is 119 cm³/mol. The fraction of sp³-hybridized carbons (Fsp3) is 0.304. The maximum atomic E-state index is 6.39. The molecule has 148 valence electrons. The van der Waals surface area contributed by atoms with Gasteiger partial charge in [-0.25, -0.2) is 4.99 Å². The molecular weight excluding hydrogens is 402 g/mol. The largest absolute Gasteiger partial charge is 0.459 e. The molecule has 0 saturated carbocycles. The van der Waals surface area contributed by atoms with Gasteiger partial charge in [0.1, 0.15) is 23.6 Å². The van der Waals surface area contributed by atoms with E-state index in [4.69, 9.17) is 21.0 Å².